The molecular formula is C7H6N6O8. The molecule has 0 unspecified atom stereocenters. The van der Waals surface area contributed by atoms with Crippen LogP contribution in [0.1, 0.15) is 0 Å². The molecule has 0 heterocycles. The van der Waals surface area contributed by atoms with Gasteiger partial charge in [-0.25, -0.2) is 10.1 Å². The van der Waals surface area contributed by atoms with Crippen LogP contribution < -0.4 is 10.7 Å². The van der Waals surface area contributed by atoms with E-state index < -0.39 is 48.2 Å². The second kappa shape index (κ2) is 5.19. The van der Waals surface area contributed by atoms with Gasteiger partial charge in [-0.15, -0.1) is 0 Å². The number of rotatable bonds is 5. The molecule has 0 radical (unpaired) electrons. The van der Waals surface area contributed by atoms with Crippen molar-refractivity contribution < 1.29 is 19.8 Å². The fourth-order valence-corrected chi connectivity index (χ4v) is 1.52. The second-order valence-electron chi connectivity index (χ2n) is 3.56. The van der Waals surface area contributed by atoms with Crippen LogP contribution in [0.25, 0.3) is 0 Å². The molecule has 1 aromatic carbocycles. The van der Waals surface area contributed by atoms with Gasteiger partial charge in [0, 0.05) is 0 Å². The summed E-state index contributed by atoms with van der Waals surface area (Å²) in [6.45, 7) is 0. The lowest BCUT2D eigenvalue weighted by Crippen LogP contribution is -2.26. The zero-order valence-corrected chi connectivity index (χ0v) is 10.2. The summed E-state index contributed by atoms with van der Waals surface area (Å²) in [5.41, 5.74) is -0.384. The SMILES string of the molecule is CN(c1c([N+](=O)[O-])cc([N+](=O)[O-])c(N)c1[N+](=O)[O-])[N+](=O)[O-]. The lowest BCUT2D eigenvalue weighted by atomic mass is 10.1. The molecule has 0 aromatic heterocycles. The summed E-state index contributed by atoms with van der Waals surface area (Å²) < 4.78 is 0. The molecule has 1 aromatic rings. The van der Waals surface area contributed by atoms with E-state index in [2.05, 4.69) is 0 Å². The summed E-state index contributed by atoms with van der Waals surface area (Å²) in [5.74, 6) is 0. The molecule has 0 saturated heterocycles. The standard InChI is InChI=1S/C7H6N6O8/c1-9(13(20)21)6-4(11(16)17)2-3(10(14)15)5(8)7(6)12(18)19/h2H,8H2,1H3. The molecular weight excluding hydrogens is 296 g/mol. The molecule has 0 spiro atoms. The van der Waals surface area contributed by atoms with Crippen LogP contribution in [0.3, 0.4) is 0 Å². The predicted molar refractivity (Wildman–Crippen MR) is 66.2 cm³/mol. The van der Waals surface area contributed by atoms with E-state index in [1.165, 1.54) is 0 Å². The van der Waals surface area contributed by atoms with Crippen molar-refractivity contribution in [2.75, 3.05) is 17.8 Å². The Labute approximate surface area is 113 Å². The van der Waals surface area contributed by atoms with Crippen molar-refractivity contribution >= 4 is 28.4 Å². The average Bonchev–Trinajstić information content (AvgIpc) is 2.35. The molecule has 0 aliphatic heterocycles. The summed E-state index contributed by atoms with van der Waals surface area (Å²) in [5, 5.41) is 42.1. The quantitative estimate of drug-likeness (QED) is 0.456. The molecule has 0 bridgehead atoms. The van der Waals surface area contributed by atoms with Crippen LogP contribution in [0.15, 0.2) is 6.07 Å². The van der Waals surface area contributed by atoms with Gasteiger partial charge in [-0.1, -0.05) is 5.01 Å². The number of hydrazine groups is 1. The number of nitrogens with two attached hydrogens (primary N) is 1. The Balaban J connectivity index is 3.94. The van der Waals surface area contributed by atoms with Gasteiger partial charge < -0.3 is 5.73 Å². The largest absolute Gasteiger partial charge is 0.387 e. The number of nitrogens with zero attached hydrogens (tertiary/aromatic N) is 5. The fraction of sp³-hybridized carbons (Fsp3) is 0.143. The first kappa shape index (κ1) is 15.5. The monoisotopic (exact) mass is 302 g/mol. The van der Waals surface area contributed by atoms with Crippen LogP contribution in [-0.2, 0) is 0 Å². The van der Waals surface area contributed by atoms with Crippen molar-refractivity contribution in [2.24, 2.45) is 0 Å². The van der Waals surface area contributed by atoms with E-state index in [0.717, 1.165) is 0 Å². The summed E-state index contributed by atoms with van der Waals surface area (Å²) in [6, 6.07) is 0.331. The molecule has 0 amide bonds. The molecule has 14 heteroatoms. The smallest absolute Gasteiger partial charge is 0.335 e. The van der Waals surface area contributed by atoms with Crippen LogP contribution in [-0.4, -0.2) is 26.8 Å². The molecule has 2 N–H and O–H groups in total. The molecule has 0 saturated carbocycles. The van der Waals surface area contributed by atoms with E-state index in [-0.39, 0.29) is 5.01 Å². The first-order chi connectivity index (χ1) is 9.59. The van der Waals surface area contributed by atoms with Gasteiger partial charge in [0.25, 0.3) is 5.69 Å². The Bertz CT molecular complexity index is 672. The molecule has 21 heavy (non-hydrogen) atoms. The van der Waals surface area contributed by atoms with Crippen molar-refractivity contribution in [1.82, 2.24) is 0 Å². The molecule has 0 aliphatic carbocycles. The topological polar surface area (TPSA) is 202 Å². The molecule has 1 rings (SSSR count). The highest BCUT2D eigenvalue weighted by molar-refractivity contribution is 5.88. The lowest BCUT2D eigenvalue weighted by Gasteiger charge is -2.10. The maximum Gasteiger partial charge on any atom is 0.335 e. The summed E-state index contributed by atoms with van der Waals surface area (Å²) in [6.07, 6.45) is 0. The van der Waals surface area contributed by atoms with E-state index in [1.807, 2.05) is 0 Å². The zero-order chi connectivity index (χ0) is 16.5. The molecule has 14 nitrogen and oxygen atoms in total. The van der Waals surface area contributed by atoms with E-state index in [0.29, 0.717) is 13.1 Å². The highest BCUT2D eigenvalue weighted by Gasteiger charge is 2.40. The number of hydrogen-bond acceptors (Lipinski definition) is 9. The van der Waals surface area contributed by atoms with E-state index in [9.17, 15) is 40.5 Å². The number of hydrogen-bond donors (Lipinski definition) is 1. The van der Waals surface area contributed by atoms with Gasteiger partial charge in [0.1, 0.15) is 0 Å². The summed E-state index contributed by atoms with van der Waals surface area (Å²) >= 11 is 0. The van der Waals surface area contributed by atoms with Crippen molar-refractivity contribution in [3.05, 3.63) is 46.5 Å². The Morgan fingerprint density at radius 3 is 1.76 bits per heavy atom. The van der Waals surface area contributed by atoms with Gasteiger partial charge in [-0.2, -0.15) is 0 Å². The molecule has 112 valence electrons. The zero-order valence-electron chi connectivity index (χ0n) is 10.2. The third-order valence-electron chi connectivity index (χ3n) is 2.42. The van der Waals surface area contributed by atoms with Crippen LogP contribution in [0.5, 0.6) is 0 Å². The highest BCUT2D eigenvalue weighted by atomic mass is 16.7. The minimum absolute atomic E-state index is 0.00362. The normalized spacial score (nSPS) is 9.95. The Kier molecular flexibility index (Phi) is 3.83. The van der Waals surface area contributed by atoms with Gasteiger partial charge >= 0.3 is 17.1 Å². The first-order valence-corrected chi connectivity index (χ1v) is 4.87. The maximum atomic E-state index is 11.0. The van der Waals surface area contributed by atoms with Crippen LogP contribution in [0, 0.1) is 40.5 Å². The Hall–Kier alpha value is -3.58. The van der Waals surface area contributed by atoms with Crippen molar-refractivity contribution in [2.45, 2.75) is 0 Å². The van der Waals surface area contributed by atoms with Crippen LogP contribution in [0.2, 0.25) is 0 Å². The highest BCUT2D eigenvalue weighted by Crippen LogP contribution is 2.46. The summed E-state index contributed by atoms with van der Waals surface area (Å²) in [4.78, 5) is 39.6. The van der Waals surface area contributed by atoms with Crippen molar-refractivity contribution in [3.63, 3.8) is 0 Å². The van der Waals surface area contributed by atoms with Gasteiger partial charge in [-0.3, -0.25) is 30.3 Å². The van der Waals surface area contributed by atoms with Crippen molar-refractivity contribution in [3.8, 4) is 0 Å². The minimum Gasteiger partial charge on any atom is -0.387 e. The molecule has 0 aliphatic rings. The van der Waals surface area contributed by atoms with Crippen molar-refractivity contribution in [1.29, 1.82) is 0 Å². The number of benzene rings is 1. The Morgan fingerprint density at radius 1 is 0.952 bits per heavy atom. The van der Waals surface area contributed by atoms with Gasteiger partial charge in [0.15, 0.2) is 10.7 Å². The average molecular weight is 302 g/mol. The number of nitrogen functional groups attached to an aromatic ring is 1. The van der Waals surface area contributed by atoms with Crippen LogP contribution >= 0.6 is 0 Å². The van der Waals surface area contributed by atoms with Gasteiger partial charge in [-0.05, 0) is 0 Å². The predicted octanol–water partition coefficient (Wildman–Crippen LogP) is 0.621. The second-order valence-corrected chi connectivity index (χ2v) is 3.56. The van der Waals surface area contributed by atoms with E-state index in [1.54, 1.807) is 0 Å². The minimum atomic E-state index is -1.28. The maximum absolute atomic E-state index is 11.0. The van der Waals surface area contributed by atoms with Gasteiger partial charge in [0.05, 0.1) is 27.9 Å². The molecule has 0 fully saturated rings. The van der Waals surface area contributed by atoms with E-state index >= 15 is 0 Å². The van der Waals surface area contributed by atoms with E-state index in [4.69, 9.17) is 5.73 Å². The number of nitro benzene ring substituents is 3. The fourth-order valence-electron chi connectivity index (χ4n) is 1.52. The molecule has 0 atom stereocenters. The third-order valence-corrected chi connectivity index (χ3v) is 2.42. The third kappa shape index (κ3) is 2.57. The number of nitro groups is 4. The summed E-state index contributed by atoms with van der Waals surface area (Å²) in [7, 11) is 0.709. The van der Waals surface area contributed by atoms with Gasteiger partial charge in [0.2, 0.25) is 0 Å². The van der Waals surface area contributed by atoms with Crippen LogP contribution in [0.4, 0.5) is 28.4 Å². The Morgan fingerprint density at radius 2 is 1.43 bits per heavy atom. The lowest BCUT2D eigenvalue weighted by molar-refractivity contribution is -0.493. The first-order valence-electron chi connectivity index (χ1n) is 4.87. The number of anilines is 2.